The van der Waals surface area contributed by atoms with E-state index in [2.05, 4.69) is 0 Å². The van der Waals surface area contributed by atoms with Crippen LogP contribution in [-0.2, 0) is 15.0 Å². The quantitative estimate of drug-likeness (QED) is 0.338. The van der Waals surface area contributed by atoms with Crippen LogP contribution < -0.4 is 0 Å². The van der Waals surface area contributed by atoms with Crippen molar-refractivity contribution in [3.8, 4) is 0 Å². The summed E-state index contributed by atoms with van der Waals surface area (Å²) < 4.78 is -0.302. The van der Waals surface area contributed by atoms with E-state index in [0.717, 1.165) is 11.1 Å². The Bertz CT molecular complexity index is 624. The Labute approximate surface area is 151 Å². The summed E-state index contributed by atoms with van der Waals surface area (Å²) in [5, 5.41) is 0. The lowest BCUT2D eigenvalue weighted by Crippen LogP contribution is -2.43. The first-order valence-corrected chi connectivity index (χ1v) is 8.67. The molecule has 0 aliphatic heterocycles. The number of rotatable bonds is 5. The number of benzene rings is 2. The Morgan fingerprint density at radius 2 is 1.29 bits per heavy atom. The smallest absolute Gasteiger partial charge is 0.211 e. The lowest BCUT2D eigenvalue weighted by atomic mass is 9.70. The van der Waals surface area contributed by atoms with Crippen LogP contribution in [0.4, 0.5) is 0 Å². The van der Waals surface area contributed by atoms with E-state index in [1.807, 2.05) is 67.6 Å². The molecule has 0 saturated carbocycles. The number of carbonyl (C=O) groups is 2. The largest absolute Gasteiger partial charge is 0.286 e. The standard InChI is InChI=1S/C17H14I2O2/c1-12(13-8-4-2-5-9-13)17(15(18)20,16(19)21)14-10-6-3-7-11-14/h2-12H,1H3. The summed E-state index contributed by atoms with van der Waals surface area (Å²) in [5.41, 5.74) is 0.584. The molecule has 0 heterocycles. The Morgan fingerprint density at radius 1 is 0.857 bits per heavy atom. The zero-order valence-electron chi connectivity index (χ0n) is 11.4. The van der Waals surface area contributed by atoms with E-state index >= 15 is 0 Å². The minimum atomic E-state index is -1.15. The van der Waals surface area contributed by atoms with Gasteiger partial charge in [-0.3, -0.25) is 9.59 Å². The highest BCUT2D eigenvalue weighted by molar-refractivity contribution is 14.1. The van der Waals surface area contributed by atoms with E-state index in [9.17, 15) is 9.59 Å². The fraction of sp³-hybridized carbons (Fsp3) is 0.176. The molecule has 0 fully saturated rings. The van der Waals surface area contributed by atoms with Crippen molar-refractivity contribution in [2.24, 2.45) is 0 Å². The molecule has 0 spiro atoms. The Kier molecular flexibility index (Phi) is 5.54. The van der Waals surface area contributed by atoms with Crippen LogP contribution in [0.25, 0.3) is 0 Å². The second kappa shape index (κ2) is 7.00. The van der Waals surface area contributed by atoms with Crippen molar-refractivity contribution in [3.63, 3.8) is 0 Å². The number of hydrogen-bond acceptors (Lipinski definition) is 2. The first-order valence-electron chi connectivity index (χ1n) is 6.51. The molecule has 2 nitrogen and oxygen atoms in total. The Hall–Kier alpha value is -0.760. The van der Waals surface area contributed by atoms with Crippen molar-refractivity contribution in [3.05, 3.63) is 71.8 Å². The molecule has 0 aromatic heterocycles. The molecular formula is C17H14I2O2. The van der Waals surface area contributed by atoms with Crippen LogP contribution in [0.3, 0.4) is 0 Å². The number of carbonyl (C=O) groups excluding carboxylic acids is 2. The highest BCUT2D eigenvalue weighted by atomic mass is 127. The molecule has 1 atom stereocenters. The van der Waals surface area contributed by atoms with Crippen molar-refractivity contribution in [1.82, 2.24) is 0 Å². The van der Waals surface area contributed by atoms with Crippen LogP contribution in [0.1, 0.15) is 24.0 Å². The monoisotopic (exact) mass is 504 g/mol. The third kappa shape index (κ3) is 3.06. The van der Waals surface area contributed by atoms with Crippen molar-refractivity contribution >= 4 is 52.8 Å². The average Bonchev–Trinajstić information content (AvgIpc) is 2.49. The van der Waals surface area contributed by atoms with Gasteiger partial charge in [0.05, 0.1) is 0 Å². The van der Waals surface area contributed by atoms with E-state index < -0.39 is 5.41 Å². The molecule has 0 amide bonds. The lowest BCUT2D eigenvalue weighted by molar-refractivity contribution is -0.124. The van der Waals surface area contributed by atoms with Crippen LogP contribution >= 0.6 is 45.2 Å². The maximum Gasteiger partial charge on any atom is 0.211 e. The van der Waals surface area contributed by atoms with Gasteiger partial charge < -0.3 is 0 Å². The summed E-state index contributed by atoms with van der Waals surface area (Å²) in [6.45, 7) is 1.94. The maximum atomic E-state index is 12.5. The summed E-state index contributed by atoms with van der Waals surface area (Å²) in [4.78, 5) is 25.0. The molecule has 4 heteroatoms. The molecule has 0 N–H and O–H groups in total. The zero-order chi connectivity index (χ0) is 15.5. The SMILES string of the molecule is CC(c1ccccc1)C(C(=O)I)(C(=O)I)c1ccccc1. The molecule has 0 aliphatic carbocycles. The molecule has 1 unspecified atom stereocenters. The zero-order valence-corrected chi connectivity index (χ0v) is 15.7. The lowest BCUT2D eigenvalue weighted by Gasteiger charge is -2.33. The van der Waals surface area contributed by atoms with Gasteiger partial charge in [0.15, 0.2) is 0 Å². The average molecular weight is 504 g/mol. The van der Waals surface area contributed by atoms with Crippen molar-refractivity contribution in [2.45, 2.75) is 18.3 Å². The first kappa shape index (κ1) is 16.6. The van der Waals surface area contributed by atoms with Crippen LogP contribution in [0.2, 0.25) is 0 Å². The van der Waals surface area contributed by atoms with Crippen molar-refractivity contribution in [1.29, 1.82) is 0 Å². The van der Waals surface area contributed by atoms with Gasteiger partial charge in [-0.1, -0.05) is 67.6 Å². The summed E-state index contributed by atoms with van der Waals surface area (Å²) in [6, 6.07) is 19.0. The van der Waals surface area contributed by atoms with Crippen LogP contribution in [0.5, 0.6) is 0 Å². The van der Waals surface area contributed by atoms with Gasteiger partial charge in [0.1, 0.15) is 5.41 Å². The fourth-order valence-corrected chi connectivity index (χ4v) is 5.15. The number of hydrogen-bond donors (Lipinski definition) is 0. The summed E-state index contributed by atoms with van der Waals surface area (Å²) in [6.07, 6.45) is 0. The van der Waals surface area contributed by atoms with Gasteiger partial charge in [-0.05, 0) is 11.1 Å². The maximum absolute atomic E-state index is 12.5. The van der Waals surface area contributed by atoms with Crippen LogP contribution in [0, 0.1) is 0 Å². The molecule has 0 bridgehead atoms. The molecular weight excluding hydrogens is 490 g/mol. The molecule has 108 valence electrons. The third-order valence-electron chi connectivity index (χ3n) is 3.80. The van der Waals surface area contributed by atoms with Gasteiger partial charge in [0.25, 0.3) is 0 Å². The molecule has 0 aliphatic rings. The molecule has 2 aromatic carbocycles. The van der Waals surface area contributed by atoms with Gasteiger partial charge >= 0.3 is 0 Å². The second-order valence-electron chi connectivity index (χ2n) is 4.85. The first-order chi connectivity index (χ1) is 10.0. The summed E-state index contributed by atoms with van der Waals surface area (Å²) in [5.74, 6) is -0.227. The number of halogens is 2. The second-order valence-corrected chi connectivity index (χ2v) is 6.81. The van der Waals surface area contributed by atoms with Gasteiger partial charge in [0, 0.05) is 51.1 Å². The van der Waals surface area contributed by atoms with E-state index in [1.54, 1.807) is 45.2 Å². The van der Waals surface area contributed by atoms with Crippen LogP contribution in [-0.4, -0.2) is 7.58 Å². The minimum absolute atomic E-state index is 0.151. The van der Waals surface area contributed by atoms with Crippen molar-refractivity contribution in [2.75, 3.05) is 0 Å². The molecule has 2 aromatic rings. The Balaban J connectivity index is 2.67. The molecule has 2 rings (SSSR count). The molecule has 0 saturated heterocycles. The summed E-state index contributed by atoms with van der Waals surface area (Å²) >= 11 is 3.51. The normalized spacial score (nSPS) is 12.7. The van der Waals surface area contributed by atoms with E-state index in [0.29, 0.717) is 0 Å². The fourth-order valence-electron chi connectivity index (χ4n) is 2.59. The highest BCUT2D eigenvalue weighted by Crippen LogP contribution is 2.44. The van der Waals surface area contributed by atoms with Gasteiger partial charge in [-0.25, -0.2) is 0 Å². The van der Waals surface area contributed by atoms with E-state index in [-0.39, 0.29) is 13.5 Å². The third-order valence-corrected chi connectivity index (χ3v) is 5.50. The predicted molar refractivity (Wildman–Crippen MR) is 101 cm³/mol. The predicted octanol–water partition coefficient (Wildman–Crippen LogP) is 4.65. The minimum Gasteiger partial charge on any atom is -0.286 e. The van der Waals surface area contributed by atoms with Gasteiger partial charge in [-0.2, -0.15) is 0 Å². The topological polar surface area (TPSA) is 34.1 Å². The van der Waals surface area contributed by atoms with E-state index in [1.165, 1.54) is 0 Å². The van der Waals surface area contributed by atoms with Crippen LogP contribution in [0.15, 0.2) is 60.7 Å². The van der Waals surface area contributed by atoms with Gasteiger partial charge in [0.2, 0.25) is 7.58 Å². The highest BCUT2D eigenvalue weighted by Gasteiger charge is 2.49. The molecule has 0 radical (unpaired) electrons. The summed E-state index contributed by atoms with van der Waals surface area (Å²) in [7, 11) is 0. The molecule has 21 heavy (non-hydrogen) atoms. The Morgan fingerprint density at radius 3 is 1.71 bits per heavy atom. The van der Waals surface area contributed by atoms with Crippen molar-refractivity contribution < 1.29 is 9.59 Å². The van der Waals surface area contributed by atoms with Gasteiger partial charge in [-0.15, -0.1) is 0 Å². The van der Waals surface area contributed by atoms with E-state index in [4.69, 9.17) is 0 Å².